The number of carbonyl (C=O) groups is 3. The number of amides is 2. The van der Waals surface area contributed by atoms with Gasteiger partial charge in [0.1, 0.15) is 13.2 Å². The number of carbonyl (C=O) groups excluding carboxylic acids is 2. The highest BCUT2D eigenvalue weighted by atomic mass is 16.5. The minimum Gasteiger partial charge on any atom is -0.480 e. The van der Waals surface area contributed by atoms with Gasteiger partial charge < -0.3 is 30.0 Å². The summed E-state index contributed by atoms with van der Waals surface area (Å²) in [5, 5.41) is 13.4. The van der Waals surface area contributed by atoms with Crippen molar-refractivity contribution < 1.29 is 33.7 Å². The summed E-state index contributed by atoms with van der Waals surface area (Å²) >= 11 is 0. The zero-order chi connectivity index (χ0) is 18.8. The largest absolute Gasteiger partial charge is 0.480 e. The van der Waals surface area contributed by atoms with Crippen LogP contribution in [0.2, 0.25) is 0 Å². The Morgan fingerprint density at radius 2 is 1.52 bits per heavy atom. The number of ether oxygens (including phenoxy) is 3. The minimum absolute atomic E-state index is 0.00753. The lowest BCUT2D eigenvalue weighted by molar-refractivity contribution is -0.138. The summed E-state index contributed by atoms with van der Waals surface area (Å²) in [5.74, 6) is -1.52. The summed E-state index contributed by atoms with van der Waals surface area (Å²) in [6.07, 6.45) is 2.46. The van der Waals surface area contributed by atoms with E-state index in [4.69, 9.17) is 19.3 Å². The highest BCUT2D eigenvalue weighted by Crippen LogP contribution is 1.98. The number of carboxylic acid groups (broad SMARTS) is 1. The lowest BCUT2D eigenvalue weighted by atomic mass is 10.2. The topological polar surface area (TPSA) is 123 Å². The molecule has 0 fully saturated rings. The number of nitrogens with one attached hydrogen (secondary N) is 2. The van der Waals surface area contributed by atoms with Crippen LogP contribution in [0.3, 0.4) is 0 Å². The second-order valence-corrected chi connectivity index (χ2v) is 5.19. The van der Waals surface area contributed by atoms with Crippen LogP contribution in [0, 0.1) is 0 Å². The molecule has 0 rings (SSSR count). The average molecular weight is 362 g/mol. The van der Waals surface area contributed by atoms with E-state index in [0.29, 0.717) is 46.0 Å². The Morgan fingerprint density at radius 3 is 2.20 bits per heavy atom. The lowest BCUT2D eigenvalue weighted by Crippen LogP contribution is -2.29. The van der Waals surface area contributed by atoms with E-state index in [2.05, 4.69) is 10.6 Å². The van der Waals surface area contributed by atoms with E-state index >= 15 is 0 Å². The molecular weight excluding hydrogens is 332 g/mol. The van der Waals surface area contributed by atoms with Gasteiger partial charge >= 0.3 is 5.97 Å². The van der Waals surface area contributed by atoms with Gasteiger partial charge in [-0.3, -0.25) is 14.4 Å². The van der Waals surface area contributed by atoms with E-state index in [1.54, 1.807) is 0 Å². The maximum atomic E-state index is 11.5. The maximum absolute atomic E-state index is 11.5. The summed E-state index contributed by atoms with van der Waals surface area (Å²) in [5.41, 5.74) is 0. The summed E-state index contributed by atoms with van der Waals surface area (Å²) in [6, 6.07) is 0. The first-order valence-electron chi connectivity index (χ1n) is 8.54. The van der Waals surface area contributed by atoms with Crippen molar-refractivity contribution in [3.8, 4) is 0 Å². The summed E-state index contributed by atoms with van der Waals surface area (Å²) in [7, 11) is 0. The zero-order valence-electron chi connectivity index (χ0n) is 14.9. The zero-order valence-corrected chi connectivity index (χ0v) is 14.9. The van der Waals surface area contributed by atoms with Crippen molar-refractivity contribution in [1.82, 2.24) is 10.6 Å². The van der Waals surface area contributed by atoms with E-state index in [9.17, 15) is 14.4 Å². The van der Waals surface area contributed by atoms with Crippen LogP contribution in [0.1, 0.15) is 32.6 Å². The van der Waals surface area contributed by atoms with E-state index in [1.807, 2.05) is 6.92 Å². The van der Waals surface area contributed by atoms with Gasteiger partial charge in [-0.1, -0.05) is 6.42 Å². The standard InChI is InChI=1S/C16H30N2O7/c1-2-23-8-9-24-10-11-25-13-15(20)17-7-5-3-4-6-14(19)18-12-16(21)22/h2-13H2,1H3,(H,17,20)(H,18,19)(H,21,22). The fourth-order valence-corrected chi connectivity index (χ4v) is 1.78. The van der Waals surface area contributed by atoms with Gasteiger partial charge in [-0.15, -0.1) is 0 Å². The molecule has 9 nitrogen and oxygen atoms in total. The molecule has 0 radical (unpaired) electrons. The molecule has 0 aromatic carbocycles. The second kappa shape index (κ2) is 17.1. The SMILES string of the molecule is CCOCCOCCOCC(=O)NCCCCCC(=O)NCC(=O)O. The third kappa shape index (κ3) is 18.5. The molecule has 25 heavy (non-hydrogen) atoms. The number of hydrogen-bond donors (Lipinski definition) is 3. The highest BCUT2D eigenvalue weighted by molar-refractivity contribution is 5.81. The number of unbranched alkanes of at least 4 members (excludes halogenated alkanes) is 2. The molecule has 146 valence electrons. The Morgan fingerprint density at radius 1 is 0.840 bits per heavy atom. The molecule has 0 saturated heterocycles. The van der Waals surface area contributed by atoms with Crippen LogP contribution in [0.25, 0.3) is 0 Å². The Balaban J connectivity index is 3.30. The van der Waals surface area contributed by atoms with Gasteiger partial charge in [-0.2, -0.15) is 0 Å². The molecule has 0 saturated carbocycles. The van der Waals surface area contributed by atoms with Crippen LogP contribution in [-0.2, 0) is 28.6 Å². The van der Waals surface area contributed by atoms with Crippen molar-refractivity contribution in [2.75, 3.05) is 52.7 Å². The number of carboxylic acids is 1. The number of hydrogen-bond acceptors (Lipinski definition) is 6. The van der Waals surface area contributed by atoms with Gasteiger partial charge in [0, 0.05) is 19.6 Å². The molecule has 0 bridgehead atoms. The third-order valence-electron chi connectivity index (χ3n) is 3.02. The molecule has 0 aromatic rings. The minimum atomic E-state index is -1.06. The molecule has 0 unspecified atom stereocenters. The molecule has 0 atom stereocenters. The second-order valence-electron chi connectivity index (χ2n) is 5.19. The van der Waals surface area contributed by atoms with Gasteiger partial charge in [0.2, 0.25) is 11.8 Å². The van der Waals surface area contributed by atoms with Crippen molar-refractivity contribution in [2.45, 2.75) is 32.6 Å². The van der Waals surface area contributed by atoms with Crippen LogP contribution in [-0.4, -0.2) is 75.6 Å². The van der Waals surface area contributed by atoms with Crippen molar-refractivity contribution in [3.05, 3.63) is 0 Å². The van der Waals surface area contributed by atoms with Crippen LogP contribution in [0.15, 0.2) is 0 Å². The predicted molar refractivity (Wildman–Crippen MR) is 90.3 cm³/mol. The van der Waals surface area contributed by atoms with Crippen LogP contribution in [0.5, 0.6) is 0 Å². The lowest BCUT2D eigenvalue weighted by Gasteiger charge is -2.07. The van der Waals surface area contributed by atoms with Gasteiger partial charge in [-0.25, -0.2) is 0 Å². The van der Waals surface area contributed by atoms with Gasteiger partial charge in [0.15, 0.2) is 0 Å². The highest BCUT2D eigenvalue weighted by Gasteiger charge is 2.04. The van der Waals surface area contributed by atoms with Crippen molar-refractivity contribution in [1.29, 1.82) is 0 Å². The molecule has 2 amide bonds. The average Bonchev–Trinajstić information content (AvgIpc) is 2.58. The molecule has 0 aromatic heterocycles. The van der Waals surface area contributed by atoms with Crippen LogP contribution < -0.4 is 10.6 Å². The molecule has 0 aliphatic carbocycles. The first-order chi connectivity index (χ1) is 12.1. The Labute approximate surface area is 148 Å². The first-order valence-corrected chi connectivity index (χ1v) is 8.54. The van der Waals surface area contributed by atoms with Crippen molar-refractivity contribution in [3.63, 3.8) is 0 Å². The molecule has 0 heterocycles. The molecule has 3 N–H and O–H groups in total. The Kier molecular flexibility index (Phi) is 16.0. The van der Waals surface area contributed by atoms with Crippen molar-refractivity contribution >= 4 is 17.8 Å². The molecule has 0 aliphatic rings. The normalized spacial score (nSPS) is 10.4. The fourth-order valence-electron chi connectivity index (χ4n) is 1.78. The van der Waals surface area contributed by atoms with Crippen LogP contribution in [0.4, 0.5) is 0 Å². The Hall–Kier alpha value is -1.71. The summed E-state index contributed by atoms with van der Waals surface area (Å²) in [4.78, 5) is 33.0. The summed E-state index contributed by atoms with van der Waals surface area (Å²) in [6.45, 7) is 4.58. The van der Waals surface area contributed by atoms with E-state index in [1.165, 1.54) is 0 Å². The Bertz CT molecular complexity index is 377. The fraction of sp³-hybridized carbons (Fsp3) is 0.812. The van der Waals surface area contributed by atoms with E-state index in [0.717, 1.165) is 12.8 Å². The van der Waals surface area contributed by atoms with Gasteiger partial charge in [0.05, 0.1) is 26.4 Å². The van der Waals surface area contributed by atoms with Gasteiger partial charge in [0.25, 0.3) is 0 Å². The third-order valence-corrected chi connectivity index (χ3v) is 3.02. The summed E-state index contributed by atoms with van der Waals surface area (Å²) < 4.78 is 15.5. The van der Waals surface area contributed by atoms with Gasteiger partial charge in [-0.05, 0) is 19.8 Å². The molecule has 9 heteroatoms. The quantitative estimate of drug-likeness (QED) is 0.310. The smallest absolute Gasteiger partial charge is 0.322 e. The molecular formula is C16H30N2O7. The number of rotatable bonds is 17. The molecule has 0 aliphatic heterocycles. The monoisotopic (exact) mass is 362 g/mol. The van der Waals surface area contributed by atoms with E-state index in [-0.39, 0.29) is 31.4 Å². The van der Waals surface area contributed by atoms with Crippen LogP contribution >= 0.6 is 0 Å². The predicted octanol–water partition coefficient (Wildman–Crippen LogP) is -0.0665. The number of aliphatic carboxylic acids is 1. The maximum Gasteiger partial charge on any atom is 0.322 e. The molecule has 0 spiro atoms. The first kappa shape index (κ1) is 23.3. The van der Waals surface area contributed by atoms with E-state index < -0.39 is 5.97 Å². The van der Waals surface area contributed by atoms with Crippen molar-refractivity contribution in [2.24, 2.45) is 0 Å².